The maximum absolute atomic E-state index is 10.6. The van der Waals surface area contributed by atoms with Gasteiger partial charge < -0.3 is 9.84 Å². The molecule has 2 aromatic carbocycles. The van der Waals surface area contributed by atoms with Crippen LogP contribution in [0.2, 0.25) is 10.0 Å². The summed E-state index contributed by atoms with van der Waals surface area (Å²) in [5, 5.41) is 9.88. The number of halogens is 2. The quantitative estimate of drug-likeness (QED) is 0.900. The Bertz CT molecular complexity index is 609. The van der Waals surface area contributed by atoms with Crippen molar-refractivity contribution in [2.75, 3.05) is 0 Å². The highest BCUT2D eigenvalue weighted by atomic mass is 35.5. The van der Waals surface area contributed by atoms with Crippen molar-refractivity contribution in [3.8, 4) is 5.75 Å². The van der Waals surface area contributed by atoms with E-state index in [0.717, 1.165) is 11.1 Å². The molecule has 0 unspecified atom stereocenters. The molecule has 0 amide bonds. The number of carbonyl (C=O) groups is 1. The molecule has 0 saturated carbocycles. The van der Waals surface area contributed by atoms with E-state index >= 15 is 0 Å². The van der Waals surface area contributed by atoms with E-state index in [1.807, 2.05) is 0 Å². The van der Waals surface area contributed by atoms with Crippen molar-refractivity contribution in [3.05, 3.63) is 63.6 Å². The van der Waals surface area contributed by atoms with Gasteiger partial charge >= 0.3 is 5.97 Å². The van der Waals surface area contributed by atoms with Gasteiger partial charge in [0, 0.05) is 15.6 Å². The van der Waals surface area contributed by atoms with Crippen LogP contribution < -0.4 is 4.74 Å². The topological polar surface area (TPSA) is 46.5 Å². The van der Waals surface area contributed by atoms with Gasteiger partial charge in [-0.25, -0.2) is 0 Å². The maximum Gasteiger partial charge on any atom is 0.307 e. The van der Waals surface area contributed by atoms with Crippen molar-refractivity contribution in [3.63, 3.8) is 0 Å². The molecule has 0 radical (unpaired) electrons. The number of hydrogen-bond donors (Lipinski definition) is 1. The lowest BCUT2D eigenvalue weighted by molar-refractivity contribution is -0.136. The van der Waals surface area contributed by atoms with Gasteiger partial charge in [0.25, 0.3) is 0 Å². The van der Waals surface area contributed by atoms with E-state index in [-0.39, 0.29) is 6.42 Å². The SMILES string of the molecule is O=C(O)Cc1ccc(OCc2cc(Cl)ccc2Cl)cc1. The Labute approximate surface area is 126 Å². The van der Waals surface area contributed by atoms with Crippen LogP contribution >= 0.6 is 23.2 Å². The summed E-state index contributed by atoms with van der Waals surface area (Å²) in [6.07, 6.45) is 0.000398. The van der Waals surface area contributed by atoms with Crippen LogP contribution in [0.1, 0.15) is 11.1 Å². The van der Waals surface area contributed by atoms with Crippen LogP contribution in [0.25, 0.3) is 0 Å². The third-order valence-electron chi connectivity index (χ3n) is 2.68. The van der Waals surface area contributed by atoms with Crippen molar-refractivity contribution in [1.29, 1.82) is 0 Å². The molecule has 0 aliphatic rings. The predicted molar refractivity (Wildman–Crippen MR) is 78.6 cm³/mol. The zero-order valence-electron chi connectivity index (χ0n) is 10.5. The first-order valence-corrected chi connectivity index (χ1v) is 6.67. The highest BCUT2D eigenvalue weighted by Crippen LogP contribution is 2.22. The van der Waals surface area contributed by atoms with Crippen LogP contribution in [-0.2, 0) is 17.8 Å². The molecule has 2 rings (SSSR count). The molecule has 0 heterocycles. The van der Waals surface area contributed by atoms with E-state index in [4.69, 9.17) is 33.0 Å². The monoisotopic (exact) mass is 310 g/mol. The van der Waals surface area contributed by atoms with E-state index in [1.165, 1.54) is 0 Å². The van der Waals surface area contributed by atoms with E-state index in [0.29, 0.717) is 22.4 Å². The Kier molecular flexibility index (Phi) is 4.88. The molecule has 0 aliphatic heterocycles. The second-order valence-electron chi connectivity index (χ2n) is 4.24. The Hall–Kier alpha value is -1.71. The number of hydrogen-bond acceptors (Lipinski definition) is 2. The third kappa shape index (κ3) is 4.15. The first-order valence-electron chi connectivity index (χ1n) is 5.92. The van der Waals surface area contributed by atoms with Gasteiger partial charge in [0.2, 0.25) is 0 Å². The van der Waals surface area contributed by atoms with Gasteiger partial charge in [0.15, 0.2) is 0 Å². The van der Waals surface area contributed by atoms with Gasteiger partial charge in [-0.3, -0.25) is 4.79 Å². The number of rotatable bonds is 5. The molecule has 104 valence electrons. The first kappa shape index (κ1) is 14.7. The minimum atomic E-state index is -0.857. The third-order valence-corrected chi connectivity index (χ3v) is 3.28. The predicted octanol–water partition coefficient (Wildman–Crippen LogP) is 4.20. The van der Waals surface area contributed by atoms with Gasteiger partial charge in [-0.2, -0.15) is 0 Å². The lowest BCUT2D eigenvalue weighted by atomic mass is 10.1. The van der Waals surface area contributed by atoms with Gasteiger partial charge in [0.05, 0.1) is 6.42 Å². The molecule has 0 bridgehead atoms. The number of ether oxygens (including phenoxy) is 1. The van der Waals surface area contributed by atoms with Crippen molar-refractivity contribution < 1.29 is 14.6 Å². The highest BCUT2D eigenvalue weighted by molar-refractivity contribution is 6.33. The fraction of sp³-hybridized carbons (Fsp3) is 0.133. The summed E-state index contributed by atoms with van der Waals surface area (Å²) >= 11 is 11.9. The average molecular weight is 311 g/mol. The zero-order chi connectivity index (χ0) is 14.5. The van der Waals surface area contributed by atoms with Crippen molar-refractivity contribution in [2.45, 2.75) is 13.0 Å². The molecule has 0 fully saturated rings. The average Bonchev–Trinajstić information content (AvgIpc) is 2.41. The molecular formula is C15H12Cl2O3. The van der Waals surface area contributed by atoms with Crippen LogP contribution in [0.15, 0.2) is 42.5 Å². The Morgan fingerprint density at radius 2 is 1.80 bits per heavy atom. The van der Waals surface area contributed by atoms with Gasteiger partial charge in [-0.15, -0.1) is 0 Å². The summed E-state index contributed by atoms with van der Waals surface area (Å²) in [5.74, 6) is -0.209. The van der Waals surface area contributed by atoms with Gasteiger partial charge in [-0.05, 0) is 35.9 Å². The van der Waals surface area contributed by atoms with Gasteiger partial charge in [-0.1, -0.05) is 35.3 Å². The molecular weight excluding hydrogens is 299 g/mol. The summed E-state index contributed by atoms with van der Waals surface area (Å²) < 4.78 is 5.60. The Balaban J connectivity index is 2.00. The van der Waals surface area contributed by atoms with Crippen LogP contribution in [0.5, 0.6) is 5.75 Å². The van der Waals surface area contributed by atoms with Crippen LogP contribution in [-0.4, -0.2) is 11.1 Å². The van der Waals surface area contributed by atoms with Crippen molar-refractivity contribution >= 4 is 29.2 Å². The normalized spacial score (nSPS) is 10.3. The minimum Gasteiger partial charge on any atom is -0.489 e. The molecule has 0 aromatic heterocycles. The van der Waals surface area contributed by atoms with Crippen LogP contribution in [0, 0.1) is 0 Å². The molecule has 20 heavy (non-hydrogen) atoms. The zero-order valence-corrected chi connectivity index (χ0v) is 12.0. The summed E-state index contributed by atoms with van der Waals surface area (Å²) in [7, 11) is 0. The molecule has 0 spiro atoms. The number of carboxylic acid groups (broad SMARTS) is 1. The van der Waals surface area contributed by atoms with Crippen molar-refractivity contribution in [2.24, 2.45) is 0 Å². The second-order valence-corrected chi connectivity index (χ2v) is 5.08. The summed E-state index contributed by atoms with van der Waals surface area (Å²) in [6.45, 7) is 0.303. The lowest BCUT2D eigenvalue weighted by Gasteiger charge is -2.08. The fourth-order valence-corrected chi connectivity index (χ4v) is 2.06. The number of aliphatic carboxylic acids is 1. The molecule has 2 aromatic rings. The highest BCUT2D eigenvalue weighted by Gasteiger charge is 2.04. The molecule has 0 atom stereocenters. The molecule has 3 nitrogen and oxygen atoms in total. The Morgan fingerprint density at radius 3 is 2.45 bits per heavy atom. The second kappa shape index (κ2) is 6.64. The number of benzene rings is 2. The molecule has 5 heteroatoms. The minimum absolute atomic E-state index is 0.000398. The number of carboxylic acids is 1. The first-order chi connectivity index (χ1) is 9.54. The smallest absolute Gasteiger partial charge is 0.307 e. The maximum atomic E-state index is 10.6. The van der Waals surface area contributed by atoms with Gasteiger partial charge in [0.1, 0.15) is 12.4 Å². The lowest BCUT2D eigenvalue weighted by Crippen LogP contribution is -2.00. The fourth-order valence-electron chi connectivity index (χ4n) is 1.69. The van der Waals surface area contributed by atoms with E-state index in [2.05, 4.69) is 0 Å². The van der Waals surface area contributed by atoms with E-state index in [9.17, 15) is 4.79 Å². The molecule has 0 saturated heterocycles. The molecule has 0 aliphatic carbocycles. The summed E-state index contributed by atoms with van der Waals surface area (Å²) in [6, 6.07) is 12.1. The Morgan fingerprint density at radius 1 is 1.10 bits per heavy atom. The summed E-state index contributed by atoms with van der Waals surface area (Å²) in [5.41, 5.74) is 1.53. The largest absolute Gasteiger partial charge is 0.489 e. The van der Waals surface area contributed by atoms with Crippen molar-refractivity contribution in [1.82, 2.24) is 0 Å². The van der Waals surface area contributed by atoms with E-state index < -0.39 is 5.97 Å². The van der Waals surface area contributed by atoms with Crippen LogP contribution in [0.4, 0.5) is 0 Å². The standard InChI is InChI=1S/C15H12Cl2O3/c16-12-3-6-14(17)11(8-12)9-20-13-4-1-10(2-5-13)7-15(18)19/h1-6,8H,7,9H2,(H,18,19). The summed E-state index contributed by atoms with van der Waals surface area (Å²) in [4.78, 5) is 10.6. The van der Waals surface area contributed by atoms with Crippen LogP contribution in [0.3, 0.4) is 0 Å². The molecule has 1 N–H and O–H groups in total. The van der Waals surface area contributed by atoms with E-state index in [1.54, 1.807) is 42.5 Å².